The second kappa shape index (κ2) is 5.68. The molecule has 2 N–H and O–H groups in total. The summed E-state index contributed by atoms with van der Waals surface area (Å²) in [7, 11) is 1.67. The van der Waals surface area contributed by atoms with Gasteiger partial charge in [-0.1, -0.05) is 0 Å². The van der Waals surface area contributed by atoms with Crippen LogP contribution in [0.3, 0.4) is 0 Å². The molecule has 0 aliphatic carbocycles. The molecular formula is C11H18N2O2. The van der Waals surface area contributed by atoms with Gasteiger partial charge in [-0.3, -0.25) is 4.98 Å². The van der Waals surface area contributed by atoms with E-state index in [1.165, 1.54) is 0 Å². The normalized spacial score (nSPS) is 10.4. The monoisotopic (exact) mass is 210 g/mol. The Morgan fingerprint density at radius 3 is 2.73 bits per heavy atom. The van der Waals surface area contributed by atoms with Crippen LogP contribution in [-0.4, -0.2) is 25.2 Å². The number of aryl methyl sites for hydroxylation is 1. The van der Waals surface area contributed by atoms with Gasteiger partial charge < -0.3 is 15.2 Å². The first-order chi connectivity index (χ1) is 7.20. The van der Waals surface area contributed by atoms with Crippen molar-refractivity contribution in [2.24, 2.45) is 5.73 Å². The second-order valence-corrected chi connectivity index (χ2v) is 3.39. The van der Waals surface area contributed by atoms with Crippen molar-refractivity contribution in [1.82, 2.24) is 4.98 Å². The van der Waals surface area contributed by atoms with Crippen LogP contribution >= 0.6 is 0 Å². The third-order valence-corrected chi connectivity index (χ3v) is 2.25. The predicted molar refractivity (Wildman–Crippen MR) is 59.0 cm³/mol. The van der Waals surface area contributed by atoms with E-state index in [0.717, 1.165) is 22.6 Å². The van der Waals surface area contributed by atoms with Crippen LogP contribution in [0.5, 0.6) is 5.75 Å². The van der Waals surface area contributed by atoms with Crippen LogP contribution < -0.4 is 10.5 Å². The Morgan fingerprint density at radius 2 is 2.13 bits per heavy atom. The average molecular weight is 210 g/mol. The number of pyridine rings is 1. The van der Waals surface area contributed by atoms with Gasteiger partial charge >= 0.3 is 0 Å². The van der Waals surface area contributed by atoms with E-state index in [-0.39, 0.29) is 0 Å². The van der Waals surface area contributed by atoms with E-state index in [1.54, 1.807) is 13.3 Å². The molecule has 0 fully saturated rings. The number of hydrogen-bond donors (Lipinski definition) is 1. The summed E-state index contributed by atoms with van der Waals surface area (Å²) in [6, 6.07) is 0. The smallest absolute Gasteiger partial charge is 0.128 e. The summed E-state index contributed by atoms with van der Waals surface area (Å²) in [4.78, 5) is 4.31. The molecule has 1 aromatic rings. The van der Waals surface area contributed by atoms with Crippen molar-refractivity contribution in [3.8, 4) is 5.75 Å². The molecule has 0 saturated heterocycles. The summed E-state index contributed by atoms with van der Waals surface area (Å²) in [5, 5.41) is 0. The molecule has 0 radical (unpaired) electrons. The zero-order chi connectivity index (χ0) is 11.3. The molecule has 0 atom stereocenters. The lowest BCUT2D eigenvalue weighted by atomic mass is 10.1. The zero-order valence-corrected chi connectivity index (χ0v) is 9.54. The third-order valence-electron chi connectivity index (χ3n) is 2.25. The van der Waals surface area contributed by atoms with Gasteiger partial charge in [0.15, 0.2) is 0 Å². The molecule has 0 aliphatic heterocycles. The maximum atomic E-state index is 5.35. The van der Waals surface area contributed by atoms with Crippen LogP contribution in [-0.2, 0) is 11.3 Å². The topological polar surface area (TPSA) is 57.4 Å². The molecule has 0 unspecified atom stereocenters. The van der Waals surface area contributed by atoms with Gasteiger partial charge in [-0.25, -0.2) is 0 Å². The molecule has 1 aromatic heterocycles. The maximum Gasteiger partial charge on any atom is 0.128 e. The molecule has 84 valence electrons. The van der Waals surface area contributed by atoms with E-state index in [4.69, 9.17) is 15.2 Å². The van der Waals surface area contributed by atoms with Crippen LogP contribution in [0, 0.1) is 13.8 Å². The maximum absolute atomic E-state index is 5.35. The highest BCUT2D eigenvalue weighted by Gasteiger charge is 2.08. The fraction of sp³-hybridized carbons (Fsp3) is 0.545. The van der Waals surface area contributed by atoms with Gasteiger partial charge in [0.1, 0.15) is 5.75 Å². The van der Waals surface area contributed by atoms with Crippen molar-refractivity contribution in [1.29, 1.82) is 0 Å². The Hall–Kier alpha value is -1.13. The molecule has 0 spiro atoms. The molecule has 0 bridgehead atoms. The van der Waals surface area contributed by atoms with Crippen LogP contribution in [0.4, 0.5) is 0 Å². The van der Waals surface area contributed by atoms with E-state index in [1.807, 2.05) is 13.8 Å². The van der Waals surface area contributed by atoms with Gasteiger partial charge in [-0.2, -0.15) is 0 Å². The van der Waals surface area contributed by atoms with E-state index in [2.05, 4.69) is 4.98 Å². The standard InChI is InChI=1S/C11H18N2O2/c1-8-6-13-10(7-15-5-4-12)9(2)11(8)14-3/h6H,4-5,7,12H2,1-3H3. The highest BCUT2D eigenvalue weighted by molar-refractivity contribution is 5.40. The van der Waals surface area contributed by atoms with Gasteiger partial charge in [0.2, 0.25) is 0 Å². The van der Waals surface area contributed by atoms with Gasteiger partial charge in [-0.05, 0) is 13.8 Å². The first-order valence-electron chi connectivity index (χ1n) is 4.97. The molecule has 4 heteroatoms. The number of methoxy groups -OCH3 is 1. The lowest BCUT2D eigenvalue weighted by molar-refractivity contribution is 0.125. The Kier molecular flexibility index (Phi) is 4.52. The molecule has 1 heterocycles. The Morgan fingerprint density at radius 1 is 1.40 bits per heavy atom. The highest BCUT2D eigenvalue weighted by atomic mass is 16.5. The van der Waals surface area contributed by atoms with Gasteiger partial charge in [0, 0.05) is 23.9 Å². The van der Waals surface area contributed by atoms with E-state index < -0.39 is 0 Å². The number of hydrogen-bond acceptors (Lipinski definition) is 4. The molecule has 0 saturated carbocycles. The summed E-state index contributed by atoms with van der Waals surface area (Å²) in [6.45, 7) is 5.53. The van der Waals surface area contributed by atoms with Crippen molar-refractivity contribution in [2.45, 2.75) is 20.5 Å². The van der Waals surface area contributed by atoms with Gasteiger partial charge in [0.25, 0.3) is 0 Å². The molecule has 0 aliphatic rings. The molecule has 1 rings (SSSR count). The number of aromatic nitrogens is 1. The van der Waals surface area contributed by atoms with Crippen LogP contribution in [0.15, 0.2) is 6.20 Å². The van der Waals surface area contributed by atoms with Crippen molar-refractivity contribution in [2.75, 3.05) is 20.3 Å². The summed E-state index contributed by atoms with van der Waals surface area (Å²) in [5.41, 5.74) is 8.33. The van der Waals surface area contributed by atoms with Gasteiger partial charge in [0.05, 0.1) is 26.0 Å². The SMILES string of the molecule is COc1c(C)cnc(COCCN)c1C. The van der Waals surface area contributed by atoms with Crippen LogP contribution in [0.1, 0.15) is 16.8 Å². The second-order valence-electron chi connectivity index (χ2n) is 3.39. The first kappa shape index (κ1) is 11.9. The fourth-order valence-corrected chi connectivity index (χ4v) is 1.47. The lowest BCUT2D eigenvalue weighted by Crippen LogP contribution is -2.09. The van der Waals surface area contributed by atoms with E-state index in [0.29, 0.717) is 19.8 Å². The Bertz CT molecular complexity index is 327. The fourth-order valence-electron chi connectivity index (χ4n) is 1.47. The largest absolute Gasteiger partial charge is 0.496 e. The average Bonchev–Trinajstić information content (AvgIpc) is 2.22. The lowest BCUT2D eigenvalue weighted by Gasteiger charge is -2.12. The summed E-state index contributed by atoms with van der Waals surface area (Å²) < 4.78 is 10.6. The van der Waals surface area contributed by atoms with Crippen molar-refractivity contribution < 1.29 is 9.47 Å². The summed E-state index contributed by atoms with van der Waals surface area (Å²) in [5.74, 6) is 0.886. The summed E-state index contributed by atoms with van der Waals surface area (Å²) >= 11 is 0. The Labute approximate surface area is 90.4 Å². The quantitative estimate of drug-likeness (QED) is 0.741. The minimum atomic E-state index is 0.486. The van der Waals surface area contributed by atoms with Crippen molar-refractivity contribution in [3.05, 3.63) is 23.0 Å². The molecule has 4 nitrogen and oxygen atoms in total. The van der Waals surface area contributed by atoms with Crippen molar-refractivity contribution in [3.63, 3.8) is 0 Å². The molecule has 0 aromatic carbocycles. The molecular weight excluding hydrogens is 192 g/mol. The van der Waals surface area contributed by atoms with Crippen LogP contribution in [0.25, 0.3) is 0 Å². The van der Waals surface area contributed by atoms with Crippen molar-refractivity contribution >= 4 is 0 Å². The van der Waals surface area contributed by atoms with Gasteiger partial charge in [-0.15, -0.1) is 0 Å². The predicted octanol–water partition coefficient (Wildman–Crippen LogP) is 1.18. The summed E-state index contributed by atoms with van der Waals surface area (Å²) in [6.07, 6.45) is 1.80. The molecule has 0 amide bonds. The molecule has 15 heavy (non-hydrogen) atoms. The van der Waals surface area contributed by atoms with Crippen LogP contribution in [0.2, 0.25) is 0 Å². The number of nitrogens with two attached hydrogens (primary N) is 1. The Balaban J connectivity index is 2.80. The highest BCUT2D eigenvalue weighted by Crippen LogP contribution is 2.24. The number of nitrogens with zero attached hydrogens (tertiary/aromatic N) is 1. The zero-order valence-electron chi connectivity index (χ0n) is 9.54. The minimum Gasteiger partial charge on any atom is -0.496 e. The minimum absolute atomic E-state index is 0.486. The number of rotatable bonds is 5. The first-order valence-corrected chi connectivity index (χ1v) is 4.97. The van der Waals surface area contributed by atoms with E-state index in [9.17, 15) is 0 Å². The number of ether oxygens (including phenoxy) is 2. The third kappa shape index (κ3) is 2.91. The van der Waals surface area contributed by atoms with E-state index >= 15 is 0 Å².